The second-order valence-electron chi connectivity index (χ2n) is 5.33. The van der Waals surface area contributed by atoms with E-state index in [-0.39, 0.29) is 16.6 Å². The number of nitrogens with zero attached hydrogens (tertiary/aromatic N) is 1. The summed E-state index contributed by atoms with van der Waals surface area (Å²) in [5, 5.41) is 10.7. The number of rotatable bonds is 5. The topological polar surface area (TPSA) is 114 Å². The summed E-state index contributed by atoms with van der Waals surface area (Å²) < 4.78 is 22.7. The van der Waals surface area contributed by atoms with Crippen LogP contribution in [-0.4, -0.2) is 32.4 Å². The maximum atomic E-state index is 11.6. The van der Waals surface area contributed by atoms with Crippen molar-refractivity contribution in [3.05, 3.63) is 18.3 Å². The Balaban J connectivity index is 2.58. The van der Waals surface area contributed by atoms with Crippen molar-refractivity contribution in [1.29, 1.82) is 0 Å². The molecule has 8 heteroatoms. The SMILES string of the molecule is CC(C)(C)C(=O)NCCNc1ncccc1S(N)(=O)=O. The zero-order chi connectivity index (χ0) is 15.4. The van der Waals surface area contributed by atoms with Gasteiger partial charge in [-0.15, -0.1) is 0 Å². The summed E-state index contributed by atoms with van der Waals surface area (Å²) in [5.74, 6) is 0.104. The smallest absolute Gasteiger partial charge is 0.241 e. The van der Waals surface area contributed by atoms with E-state index in [1.807, 2.05) is 20.8 Å². The van der Waals surface area contributed by atoms with Crippen LogP contribution in [0.5, 0.6) is 0 Å². The molecule has 0 atom stereocenters. The third-order valence-corrected chi connectivity index (χ3v) is 3.40. The van der Waals surface area contributed by atoms with E-state index in [4.69, 9.17) is 5.14 Å². The van der Waals surface area contributed by atoms with Gasteiger partial charge in [0.1, 0.15) is 10.7 Å². The van der Waals surface area contributed by atoms with E-state index in [2.05, 4.69) is 15.6 Å². The van der Waals surface area contributed by atoms with Gasteiger partial charge in [0.2, 0.25) is 15.9 Å². The average molecular weight is 300 g/mol. The van der Waals surface area contributed by atoms with Crippen molar-refractivity contribution < 1.29 is 13.2 Å². The number of carbonyl (C=O) groups is 1. The molecule has 0 aliphatic carbocycles. The minimum Gasteiger partial charge on any atom is -0.367 e. The van der Waals surface area contributed by atoms with Crippen molar-refractivity contribution in [2.45, 2.75) is 25.7 Å². The highest BCUT2D eigenvalue weighted by atomic mass is 32.2. The van der Waals surface area contributed by atoms with E-state index in [0.29, 0.717) is 13.1 Å². The molecule has 0 saturated carbocycles. The third-order valence-electron chi connectivity index (χ3n) is 2.46. The van der Waals surface area contributed by atoms with E-state index in [9.17, 15) is 13.2 Å². The maximum Gasteiger partial charge on any atom is 0.241 e. The number of anilines is 1. The van der Waals surface area contributed by atoms with Crippen LogP contribution in [0.1, 0.15) is 20.8 Å². The Morgan fingerprint density at radius 1 is 1.35 bits per heavy atom. The molecule has 1 heterocycles. The quantitative estimate of drug-likeness (QED) is 0.677. The molecule has 20 heavy (non-hydrogen) atoms. The van der Waals surface area contributed by atoms with Crippen molar-refractivity contribution in [1.82, 2.24) is 10.3 Å². The molecule has 7 nitrogen and oxygen atoms in total. The van der Waals surface area contributed by atoms with Crippen LogP contribution in [0.25, 0.3) is 0 Å². The number of nitrogens with two attached hydrogens (primary N) is 1. The first-order valence-electron chi connectivity index (χ1n) is 6.12. The van der Waals surface area contributed by atoms with Gasteiger partial charge < -0.3 is 10.6 Å². The Bertz CT molecular complexity index is 579. The summed E-state index contributed by atoms with van der Waals surface area (Å²) in [6.07, 6.45) is 1.46. The molecule has 0 saturated heterocycles. The first kappa shape index (κ1) is 16.4. The monoisotopic (exact) mass is 300 g/mol. The normalized spacial score (nSPS) is 12.0. The van der Waals surface area contributed by atoms with E-state index in [0.717, 1.165) is 0 Å². The van der Waals surface area contributed by atoms with Crippen LogP contribution in [0.15, 0.2) is 23.2 Å². The summed E-state index contributed by atoms with van der Waals surface area (Å²) in [7, 11) is -3.82. The molecule has 112 valence electrons. The highest BCUT2D eigenvalue weighted by Gasteiger charge is 2.20. The van der Waals surface area contributed by atoms with Crippen LogP contribution in [0, 0.1) is 5.41 Å². The second-order valence-corrected chi connectivity index (χ2v) is 6.86. The number of aromatic nitrogens is 1. The van der Waals surface area contributed by atoms with Crippen molar-refractivity contribution in [2.75, 3.05) is 18.4 Å². The van der Waals surface area contributed by atoms with Crippen molar-refractivity contribution in [3.63, 3.8) is 0 Å². The fourth-order valence-corrected chi connectivity index (χ4v) is 2.04. The van der Waals surface area contributed by atoms with Gasteiger partial charge in [-0.1, -0.05) is 20.8 Å². The lowest BCUT2D eigenvalue weighted by Crippen LogP contribution is -2.37. The molecule has 0 aliphatic heterocycles. The molecular weight excluding hydrogens is 280 g/mol. The Morgan fingerprint density at radius 2 is 2.00 bits per heavy atom. The number of hydrogen-bond donors (Lipinski definition) is 3. The van der Waals surface area contributed by atoms with Gasteiger partial charge in [0.15, 0.2) is 0 Å². The molecule has 0 aromatic carbocycles. The molecular formula is C12H20N4O3S. The predicted octanol–water partition coefficient (Wildman–Crippen LogP) is 0.303. The zero-order valence-electron chi connectivity index (χ0n) is 11.8. The number of hydrogen-bond acceptors (Lipinski definition) is 5. The number of carbonyl (C=O) groups excluding carboxylic acids is 1. The van der Waals surface area contributed by atoms with Crippen LogP contribution in [0.4, 0.5) is 5.82 Å². The molecule has 0 unspecified atom stereocenters. The van der Waals surface area contributed by atoms with E-state index in [1.54, 1.807) is 0 Å². The molecule has 0 radical (unpaired) electrons. The molecule has 0 bridgehead atoms. The lowest BCUT2D eigenvalue weighted by molar-refractivity contribution is -0.128. The van der Waals surface area contributed by atoms with Crippen LogP contribution in [-0.2, 0) is 14.8 Å². The van der Waals surface area contributed by atoms with Crippen LogP contribution >= 0.6 is 0 Å². The summed E-state index contributed by atoms with van der Waals surface area (Å²) in [5.41, 5.74) is -0.462. The van der Waals surface area contributed by atoms with Gasteiger partial charge in [-0.2, -0.15) is 0 Å². The Labute approximate surface area is 119 Å². The number of pyridine rings is 1. The van der Waals surface area contributed by atoms with E-state index in [1.165, 1.54) is 18.3 Å². The van der Waals surface area contributed by atoms with Gasteiger partial charge in [0.25, 0.3) is 0 Å². The predicted molar refractivity (Wildman–Crippen MR) is 76.6 cm³/mol. The van der Waals surface area contributed by atoms with Crippen molar-refractivity contribution in [2.24, 2.45) is 10.6 Å². The first-order chi connectivity index (χ1) is 9.12. The van der Waals surface area contributed by atoms with Gasteiger partial charge >= 0.3 is 0 Å². The summed E-state index contributed by atoms with van der Waals surface area (Å²) >= 11 is 0. The Morgan fingerprint density at radius 3 is 2.55 bits per heavy atom. The Kier molecular flexibility index (Phi) is 5.07. The maximum absolute atomic E-state index is 11.6. The fourth-order valence-electron chi connectivity index (χ4n) is 1.37. The summed E-state index contributed by atoms with van der Waals surface area (Å²) in [6, 6.07) is 2.87. The summed E-state index contributed by atoms with van der Waals surface area (Å²) in [6.45, 7) is 6.15. The van der Waals surface area contributed by atoms with Crippen molar-refractivity contribution >= 4 is 21.7 Å². The van der Waals surface area contributed by atoms with Gasteiger partial charge in [-0.05, 0) is 12.1 Å². The lowest BCUT2D eigenvalue weighted by atomic mass is 9.96. The third kappa shape index (κ3) is 4.78. The standard InChI is InChI=1S/C12H20N4O3S/c1-12(2,3)11(17)16-8-7-15-10-9(20(13,18)19)5-4-6-14-10/h4-6H,7-8H2,1-3H3,(H,14,15)(H,16,17)(H2,13,18,19). The van der Waals surface area contributed by atoms with Gasteiger partial charge in [0.05, 0.1) is 0 Å². The summed E-state index contributed by atoms with van der Waals surface area (Å²) in [4.78, 5) is 15.5. The van der Waals surface area contributed by atoms with Gasteiger partial charge in [-0.3, -0.25) is 4.79 Å². The van der Waals surface area contributed by atoms with Gasteiger partial charge in [0, 0.05) is 24.7 Å². The zero-order valence-corrected chi connectivity index (χ0v) is 12.6. The molecule has 0 fully saturated rings. The Hall–Kier alpha value is -1.67. The largest absolute Gasteiger partial charge is 0.367 e. The van der Waals surface area contributed by atoms with Crippen molar-refractivity contribution in [3.8, 4) is 0 Å². The van der Waals surface area contributed by atoms with Crippen LogP contribution in [0.2, 0.25) is 0 Å². The van der Waals surface area contributed by atoms with Gasteiger partial charge in [-0.25, -0.2) is 18.5 Å². The molecule has 1 amide bonds. The van der Waals surface area contributed by atoms with Crippen LogP contribution in [0.3, 0.4) is 0 Å². The molecule has 0 aliphatic rings. The second kappa shape index (κ2) is 6.19. The minimum absolute atomic E-state index is 0.0675. The highest BCUT2D eigenvalue weighted by molar-refractivity contribution is 7.89. The molecule has 4 N–H and O–H groups in total. The average Bonchev–Trinajstić information content (AvgIpc) is 2.32. The number of sulfonamides is 1. The van der Waals surface area contributed by atoms with E-state index >= 15 is 0 Å². The first-order valence-corrected chi connectivity index (χ1v) is 7.67. The number of nitrogens with one attached hydrogen (secondary N) is 2. The van der Waals surface area contributed by atoms with E-state index < -0.39 is 15.4 Å². The molecule has 1 rings (SSSR count). The molecule has 1 aromatic rings. The fraction of sp³-hybridized carbons (Fsp3) is 0.500. The number of amides is 1. The molecule has 1 aromatic heterocycles. The number of primary sulfonamides is 1. The van der Waals surface area contributed by atoms with Crippen LogP contribution < -0.4 is 15.8 Å². The lowest BCUT2D eigenvalue weighted by Gasteiger charge is -2.18. The minimum atomic E-state index is -3.82. The highest BCUT2D eigenvalue weighted by Crippen LogP contribution is 2.15. The molecule has 0 spiro atoms.